The molecule has 0 bridgehead atoms. The third-order valence-electron chi connectivity index (χ3n) is 3.31. The van der Waals surface area contributed by atoms with E-state index in [0.717, 1.165) is 27.1 Å². The van der Waals surface area contributed by atoms with Crippen molar-refractivity contribution < 1.29 is 0 Å². The van der Waals surface area contributed by atoms with Gasteiger partial charge in [0.25, 0.3) is 0 Å². The maximum atomic E-state index is 5.81. The fraction of sp³-hybridized carbons (Fsp3) is 0.647. The molecule has 1 heterocycles. The number of rotatable bonds is 12. The predicted octanol–water partition coefficient (Wildman–Crippen LogP) is 5.67. The van der Waals surface area contributed by atoms with Gasteiger partial charge in [0.1, 0.15) is 4.99 Å². The first-order valence-electron chi connectivity index (χ1n) is 8.24. The number of nitrogens with two attached hydrogens (primary N) is 1. The maximum absolute atomic E-state index is 5.81. The minimum atomic E-state index is 0.464. The highest BCUT2D eigenvalue weighted by Crippen LogP contribution is 2.25. The Morgan fingerprint density at radius 1 is 0.955 bits per heavy atom. The number of nitrogens with zero attached hydrogens (tertiary/aromatic N) is 1. The van der Waals surface area contributed by atoms with Crippen LogP contribution in [0.4, 0.5) is 0 Å². The first-order valence-corrected chi connectivity index (χ1v) is 10.6. The van der Waals surface area contributed by atoms with Crippen LogP contribution >= 0.6 is 35.7 Å². The van der Waals surface area contributed by atoms with Crippen molar-refractivity contribution in [1.82, 2.24) is 4.98 Å². The lowest BCUT2D eigenvalue weighted by Crippen LogP contribution is -2.10. The number of thioether (sulfide) groups is 2. The monoisotopic (exact) mass is 356 g/mol. The summed E-state index contributed by atoms with van der Waals surface area (Å²) < 4.78 is 0. The van der Waals surface area contributed by atoms with Crippen LogP contribution in [0.2, 0.25) is 0 Å². The summed E-state index contributed by atoms with van der Waals surface area (Å²) in [6, 6.07) is 4.06. The zero-order valence-electron chi connectivity index (χ0n) is 13.8. The van der Waals surface area contributed by atoms with Crippen LogP contribution in [0.5, 0.6) is 0 Å². The lowest BCUT2D eigenvalue weighted by atomic mass is 10.2. The lowest BCUT2D eigenvalue weighted by Gasteiger charge is -2.08. The molecular weight excluding hydrogens is 328 g/mol. The van der Waals surface area contributed by atoms with Crippen molar-refractivity contribution in [1.29, 1.82) is 0 Å². The summed E-state index contributed by atoms with van der Waals surface area (Å²) >= 11 is 8.77. The van der Waals surface area contributed by atoms with Crippen molar-refractivity contribution in [3.63, 3.8) is 0 Å². The topological polar surface area (TPSA) is 38.9 Å². The van der Waals surface area contributed by atoms with Crippen molar-refractivity contribution in [3.05, 3.63) is 17.7 Å². The molecular formula is C17H28N2S3. The van der Waals surface area contributed by atoms with Crippen LogP contribution in [0.3, 0.4) is 0 Å². The van der Waals surface area contributed by atoms with Crippen LogP contribution in [0.1, 0.15) is 64.4 Å². The summed E-state index contributed by atoms with van der Waals surface area (Å²) in [4.78, 5) is 5.21. The van der Waals surface area contributed by atoms with Crippen LogP contribution in [0.15, 0.2) is 22.2 Å². The van der Waals surface area contributed by atoms with Gasteiger partial charge < -0.3 is 5.73 Å². The highest BCUT2D eigenvalue weighted by atomic mass is 32.2. The number of thiocarbonyl (C=S) groups is 1. The molecule has 5 heteroatoms. The molecule has 2 nitrogen and oxygen atoms in total. The first-order chi connectivity index (χ1) is 10.7. The fourth-order valence-corrected chi connectivity index (χ4v) is 4.04. The molecule has 1 aromatic rings. The van der Waals surface area contributed by atoms with E-state index in [-0.39, 0.29) is 0 Å². The second-order valence-electron chi connectivity index (χ2n) is 5.36. The Hall–Kier alpha value is -0.260. The Bertz CT molecular complexity index is 450. The fourth-order valence-electron chi connectivity index (χ4n) is 2.01. The van der Waals surface area contributed by atoms with Gasteiger partial charge in [0.2, 0.25) is 0 Å². The van der Waals surface area contributed by atoms with Gasteiger partial charge in [-0.3, -0.25) is 0 Å². The minimum Gasteiger partial charge on any atom is -0.389 e. The van der Waals surface area contributed by atoms with E-state index in [1.54, 1.807) is 0 Å². The van der Waals surface area contributed by atoms with Crippen LogP contribution in [0.25, 0.3) is 0 Å². The van der Waals surface area contributed by atoms with Gasteiger partial charge in [0.05, 0.1) is 10.1 Å². The Kier molecular flexibility index (Phi) is 11.0. The first kappa shape index (κ1) is 19.8. The molecule has 0 aliphatic carbocycles. The third kappa shape index (κ3) is 8.39. The van der Waals surface area contributed by atoms with Gasteiger partial charge in [-0.1, -0.05) is 58.2 Å². The molecule has 1 rings (SSSR count). The average molecular weight is 357 g/mol. The largest absolute Gasteiger partial charge is 0.389 e. The van der Waals surface area contributed by atoms with Crippen molar-refractivity contribution in [2.45, 2.75) is 68.8 Å². The Labute approximate surface area is 149 Å². The van der Waals surface area contributed by atoms with Crippen LogP contribution in [-0.2, 0) is 0 Å². The molecule has 0 amide bonds. The molecule has 0 atom stereocenters. The molecule has 22 heavy (non-hydrogen) atoms. The normalized spacial score (nSPS) is 10.8. The third-order valence-corrected chi connectivity index (χ3v) is 5.54. The van der Waals surface area contributed by atoms with Gasteiger partial charge in [-0.05, 0) is 36.5 Å². The number of hydrogen-bond donors (Lipinski definition) is 1. The average Bonchev–Trinajstić information content (AvgIpc) is 2.51. The standard InChI is InChI=1S/C17H28N2S3/c1-3-5-7-9-11-22-16-13-14(17(18)20)12-15(19-16)21-10-8-6-4-2/h12-13H,3-11H2,1-2H3,(H2,18,20). The van der Waals surface area contributed by atoms with E-state index in [2.05, 4.69) is 13.8 Å². The van der Waals surface area contributed by atoms with E-state index in [0.29, 0.717) is 4.99 Å². The molecule has 0 aliphatic rings. The molecule has 0 spiro atoms. The van der Waals surface area contributed by atoms with Crippen molar-refractivity contribution in [2.24, 2.45) is 5.73 Å². The summed E-state index contributed by atoms with van der Waals surface area (Å²) in [6.45, 7) is 4.46. The van der Waals surface area contributed by atoms with Crippen molar-refractivity contribution >= 4 is 40.7 Å². The van der Waals surface area contributed by atoms with E-state index in [4.69, 9.17) is 22.9 Å². The summed E-state index contributed by atoms with van der Waals surface area (Å²) in [5, 5.41) is 2.11. The van der Waals surface area contributed by atoms with Gasteiger partial charge in [-0.15, -0.1) is 23.5 Å². The zero-order valence-corrected chi connectivity index (χ0v) is 16.2. The van der Waals surface area contributed by atoms with E-state index < -0.39 is 0 Å². The molecule has 124 valence electrons. The molecule has 0 aliphatic heterocycles. The number of aromatic nitrogens is 1. The Morgan fingerprint density at radius 3 is 1.95 bits per heavy atom. The highest BCUT2D eigenvalue weighted by molar-refractivity contribution is 7.99. The molecule has 0 saturated carbocycles. The van der Waals surface area contributed by atoms with Gasteiger partial charge in [-0.25, -0.2) is 4.98 Å². The zero-order chi connectivity index (χ0) is 16.2. The molecule has 2 N–H and O–H groups in total. The van der Waals surface area contributed by atoms with Crippen LogP contribution in [0, 0.1) is 0 Å². The number of unbranched alkanes of at least 4 members (excludes halogenated alkanes) is 5. The predicted molar refractivity (Wildman–Crippen MR) is 105 cm³/mol. The van der Waals surface area contributed by atoms with Gasteiger partial charge in [-0.2, -0.15) is 0 Å². The highest BCUT2D eigenvalue weighted by Gasteiger charge is 2.06. The lowest BCUT2D eigenvalue weighted by molar-refractivity contribution is 0.706. The van der Waals surface area contributed by atoms with E-state index in [1.807, 2.05) is 35.7 Å². The SMILES string of the molecule is CCCCCCSc1cc(C(N)=S)cc(SCCCCC)n1. The quantitative estimate of drug-likeness (QED) is 0.297. The molecule has 0 fully saturated rings. The summed E-state index contributed by atoms with van der Waals surface area (Å²) in [5.41, 5.74) is 6.75. The van der Waals surface area contributed by atoms with Crippen molar-refractivity contribution in [2.75, 3.05) is 11.5 Å². The second kappa shape index (κ2) is 12.2. The van der Waals surface area contributed by atoms with Gasteiger partial charge in [0.15, 0.2) is 0 Å². The summed E-state index contributed by atoms with van der Waals surface area (Å²) in [6.07, 6.45) is 8.91. The minimum absolute atomic E-state index is 0.464. The van der Waals surface area contributed by atoms with E-state index in [9.17, 15) is 0 Å². The molecule has 0 aromatic carbocycles. The maximum Gasteiger partial charge on any atom is 0.104 e. The van der Waals surface area contributed by atoms with Crippen LogP contribution in [-0.4, -0.2) is 21.5 Å². The molecule has 1 aromatic heterocycles. The van der Waals surface area contributed by atoms with Gasteiger partial charge in [0, 0.05) is 5.56 Å². The molecule has 0 radical (unpaired) electrons. The number of hydrogen-bond acceptors (Lipinski definition) is 4. The number of pyridine rings is 1. The van der Waals surface area contributed by atoms with Crippen molar-refractivity contribution in [3.8, 4) is 0 Å². The smallest absolute Gasteiger partial charge is 0.104 e. The Balaban J connectivity index is 2.58. The molecule has 0 unspecified atom stereocenters. The van der Waals surface area contributed by atoms with Crippen LogP contribution < -0.4 is 5.73 Å². The second-order valence-corrected chi connectivity index (χ2v) is 8.03. The van der Waals surface area contributed by atoms with Gasteiger partial charge >= 0.3 is 0 Å². The summed E-state index contributed by atoms with van der Waals surface area (Å²) in [5.74, 6) is 2.23. The van der Waals surface area contributed by atoms with E-state index in [1.165, 1.54) is 44.9 Å². The molecule has 0 saturated heterocycles. The van der Waals surface area contributed by atoms with E-state index >= 15 is 0 Å². The Morgan fingerprint density at radius 2 is 1.45 bits per heavy atom. The summed E-state index contributed by atoms with van der Waals surface area (Å²) in [7, 11) is 0.